The van der Waals surface area contributed by atoms with Crippen LogP contribution in [0.5, 0.6) is 0 Å². The highest BCUT2D eigenvalue weighted by molar-refractivity contribution is 5.87. The van der Waals surface area contributed by atoms with Gasteiger partial charge >= 0.3 is 0 Å². The van der Waals surface area contributed by atoms with Crippen LogP contribution >= 0.6 is 0 Å². The van der Waals surface area contributed by atoms with Gasteiger partial charge in [-0.2, -0.15) is 5.26 Å². The summed E-state index contributed by atoms with van der Waals surface area (Å²) in [6.45, 7) is 0.494. The summed E-state index contributed by atoms with van der Waals surface area (Å²) in [6, 6.07) is 7.94. The topological polar surface area (TPSA) is 114 Å². The fourth-order valence-electron chi connectivity index (χ4n) is 1.77. The number of ether oxygens (including phenoxy) is 2. The lowest BCUT2D eigenvalue weighted by molar-refractivity contribution is -0.130. The average molecular weight is 305 g/mol. The Balaban J connectivity index is 2.56. The van der Waals surface area contributed by atoms with Gasteiger partial charge in [-0.25, -0.2) is 0 Å². The number of nitriles is 1. The Labute approximate surface area is 129 Å². The number of nitrogens with one attached hydrogen (secondary N) is 1. The quantitative estimate of drug-likeness (QED) is 0.610. The predicted octanol–water partition coefficient (Wildman–Crippen LogP) is -0.266. The van der Waals surface area contributed by atoms with Crippen LogP contribution in [-0.4, -0.2) is 44.8 Å². The summed E-state index contributed by atoms with van der Waals surface area (Å²) in [6.07, 6.45) is 0.217. The van der Waals surface area contributed by atoms with Gasteiger partial charge in [-0.1, -0.05) is 12.1 Å². The monoisotopic (exact) mass is 305 g/mol. The molecule has 1 aromatic carbocycles. The minimum Gasteiger partial charge on any atom is -0.382 e. The molecule has 118 valence electrons. The SMILES string of the molecule is COCCOCC(=O)N[C@H](Cc1cccc(C#N)c1)C(N)=O. The van der Waals surface area contributed by atoms with Crippen molar-refractivity contribution in [1.82, 2.24) is 5.32 Å². The van der Waals surface area contributed by atoms with Crippen molar-refractivity contribution in [3.63, 3.8) is 0 Å². The number of hydrogen-bond donors (Lipinski definition) is 2. The van der Waals surface area contributed by atoms with Gasteiger partial charge in [-0.05, 0) is 17.7 Å². The molecule has 2 amide bonds. The molecule has 3 N–H and O–H groups in total. The molecule has 1 atom stereocenters. The number of primary amides is 1. The first-order valence-corrected chi connectivity index (χ1v) is 6.71. The number of carbonyl (C=O) groups is 2. The molecule has 0 aromatic heterocycles. The third kappa shape index (κ3) is 6.35. The van der Waals surface area contributed by atoms with E-state index in [0.29, 0.717) is 12.2 Å². The molecular weight excluding hydrogens is 286 g/mol. The van der Waals surface area contributed by atoms with Gasteiger partial charge in [0.25, 0.3) is 0 Å². The summed E-state index contributed by atoms with van der Waals surface area (Å²) in [5, 5.41) is 11.4. The predicted molar refractivity (Wildman–Crippen MR) is 78.7 cm³/mol. The second-order valence-electron chi connectivity index (χ2n) is 4.58. The molecule has 0 aliphatic carbocycles. The number of hydrogen-bond acceptors (Lipinski definition) is 5. The van der Waals surface area contributed by atoms with E-state index in [9.17, 15) is 9.59 Å². The van der Waals surface area contributed by atoms with Gasteiger partial charge in [0.15, 0.2) is 0 Å². The standard InChI is InChI=1S/C15H19N3O4/c1-21-5-6-22-10-14(19)18-13(15(17)20)8-11-3-2-4-12(7-11)9-16/h2-4,7,13H,5-6,8,10H2,1H3,(H2,17,20)(H,18,19)/t13-/m1/s1. The van der Waals surface area contributed by atoms with Crippen molar-refractivity contribution in [2.24, 2.45) is 5.73 Å². The van der Waals surface area contributed by atoms with E-state index < -0.39 is 17.9 Å². The normalized spacial score (nSPS) is 11.5. The number of methoxy groups -OCH3 is 1. The lowest BCUT2D eigenvalue weighted by atomic mass is 10.0. The Hall–Kier alpha value is -2.43. The van der Waals surface area contributed by atoms with Crippen molar-refractivity contribution < 1.29 is 19.1 Å². The Morgan fingerprint density at radius 2 is 2.18 bits per heavy atom. The van der Waals surface area contributed by atoms with E-state index in [4.69, 9.17) is 20.5 Å². The number of carbonyl (C=O) groups excluding carboxylic acids is 2. The van der Waals surface area contributed by atoms with Gasteiger partial charge in [-0.3, -0.25) is 9.59 Å². The molecule has 0 heterocycles. The summed E-state index contributed by atoms with van der Waals surface area (Å²) in [5.41, 5.74) is 6.52. The highest BCUT2D eigenvalue weighted by atomic mass is 16.5. The molecular formula is C15H19N3O4. The van der Waals surface area contributed by atoms with E-state index in [1.165, 1.54) is 7.11 Å². The zero-order valence-electron chi connectivity index (χ0n) is 12.4. The molecule has 7 heteroatoms. The summed E-state index contributed by atoms with van der Waals surface area (Å²) >= 11 is 0. The van der Waals surface area contributed by atoms with Gasteiger partial charge in [0.1, 0.15) is 12.6 Å². The van der Waals surface area contributed by atoms with Crippen LogP contribution in [0.3, 0.4) is 0 Å². The molecule has 7 nitrogen and oxygen atoms in total. The largest absolute Gasteiger partial charge is 0.382 e. The molecule has 0 aliphatic rings. The molecule has 22 heavy (non-hydrogen) atoms. The van der Waals surface area contributed by atoms with Crippen molar-refractivity contribution in [2.45, 2.75) is 12.5 Å². The maximum atomic E-state index is 11.7. The van der Waals surface area contributed by atoms with E-state index in [1.54, 1.807) is 24.3 Å². The van der Waals surface area contributed by atoms with Gasteiger partial charge < -0.3 is 20.5 Å². The number of nitrogens with zero attached hydrogens (tertiary/aromatic N) is 1. The Morgan fingerprint density at radius 1 is 1.41 bits per heavy atom. The van der Waals surface area contributed by atoms with Gasteiger partial charge in [0, 0.05) is 13.5 Å². The van der Waals surface area contributed by atoms with Gasteiger partial charge in [0.05, 0.1) is 24.8 Å². The average Bonchev–Trinajstić information content (AvgIpc) is 2.51. The van der Waals surface area contributed by atoms with Crippen LogP contribution in [0.4, 0.5) is 0 Å². The van der Waals surface area contributed by atoms with Crippen LogP contribution in [0.15, 0.2) is 24.3 Å². The van der Waals surface area contributed by atoms with E-state index in [-0.39, 0.29) is 19.6 Å². The zero-order valence-corrected chi connectivity index (χ0v) is 12.4. The minimum absolute atomic E-state index is 0.175. The van der Waals surface area contributed by atoms with Crippen molar-refractivity contribution in [3.05, 3.63) is 35.4 Å². The number of benzene rings is 1. The highest BCUT2D eigenvalue weighted by Crippen LogP contribution is 2.07. The van der Waals surface area contributed by atoms with Gasteiger partial charge in [0.2, 0.25) is 11.8 Å². The van der Waals surface area contributed by atoms with E-state index >= 15 is 0 Å². The molecule has 0 fully saturated rings. The number of amides is 2. The van der Waals surface area contributed by atoms with E-state index in [0.717, 1.165) is 5.56 Å². The fourth-order valence-corrected chi connectivity index (χ4v) is 1.77. The maximum absolute atomic E-state index is 11.7. The van der Waals surface area contributed by atoms with Crippen molar-refractivity contribution in [3.8, 4) is 6.07 Å². The minimum atomic E-state index is -0.854. The van der Waals surface area contributed by atoms with Crippen LogP contribution in [0.25, 0.3) is 0 Å². The zero-order chi connectivity index (χ0) is 16.4. The molecule has 0 bridgehead atoms. The molecule has 1 rings (SSSR count). The summed E-state index contributed by atoms with van der Waals surface area (Å²) < 4.78 is 9.86. The smallest absolute Gasteiger partial charge is 0.246 e. The first kappa shape index (κ1) is 17.6. The van der Waals surface area contributed by atoms with Crippen LogP contribution in [0.1, 0.15) is 11.1 Å². The number of rotatable bonds is 9. The van der Waals surface area contributed by atoms with Crippen LogP contribution in [0, 0.1) is 11.3 Å². The molecule has 0 radical (unpaired) electrons. The third-order valence-electron chi connectivity index (χ3n) is 2.84. The maximum Gasteiger partial charge on any atom is 0.246 e. The first-order chi connectivity index (χ1) is 10.6. The fraction of sp³-hybridized carbons (Fsp3) is 0.400. The summed E-state index contributed by atoms with van der Waals surface area (Å²) in [4.78, 5) is 23.1. The van der Waals surface area contributed by atoms with Crippen molar-refractivity contribution in [2.75, 3.05) is 26.9 Å². The Bertz CT molecular complexity index is 554. The van der Waals surface area contributed by atoms with Crippen LogP contribution < -0.4 is 11.1 Å². The summed E-state index contributed by atoms with van der Waals surface area (Å²) in [5.74, 6) is -1.08. The molecule has 0 spiro atoms. The molecule has 1 aromatic rings. The number of nitrogens with two attached hydrogens (primary N) is 1. The second kappa shape index (κ2) is 9.50. The third-order valence-corrected chi connectivity index (χ3v) is 2.84. The first-order valence-electron chi connectivity index (χ1n) is 6.71. The van der Waals surface area contributed by atoms with E-state index in [1.807, 2.05) is 6.07 Å². The molecule has 0 saturated heterocycles. The highest BCUT2D eigenvalue weighted by Gasteiger charge is 2.18. The lowest BCUT2D eigenvalue weighted by Crippen LogP contribution is -2.47. The molecule has 0 unspecified atom stereocenters. The Kier molecular flexibility index (Phi) is 7.61. The van der Waals surface area contributed by atoms with Crippen molar-refractivity contribution >= 4 is 11.8 Å². The van der Waals surface area contributed by atoms with Crippen LogP contribution in [0.2, 0.25) is 0 Å². The molecule has 0 aliphatic heterocycles. The summed E-state index contributed by atoms with van der Waals surface area (Å²) in [7, 11) is 1.53. The lowest BCUT2D eigenvalue weighted by Gasteiger charge is -2.15. The molecule has 0 saturated carbocycles. The van der Waals surface area contributed by atoms with Gasteiger partial charge in [-0.15, -0.1) is 0 Å². The van der Waals surface area contributed by atoms with Crippen LogP contribution in [-0.2, 0) is 25.5 Å². The van der Waals surface area contributed by atoms with E-state index in [2.05, 4.69) is 5.32 Å². The van der Waals surface area contributed by atoms with Crippen molar-refractivity contribution in [1.29, 1.82) is 5.26 Å². The Morgan fingerprint density at radius 3 is 2.82 bits per heavy atom. The second-order valence-corrected chi connectivity index (χ2v) is 4.58.